The van der Waals surface area contributed by atoms with E-state index >= 15 is 0 Å². The van der Waals surface area contributed by atoms with Gasteiger partial charge in [0.25, 0.3) is 5.91 Å². The van der Waals surface area contributed by atoms with Crippen molar-refractivity contribution < 1.29 is 29.4 Å². The van der Waals surface area contributed by atoms with Gasteiger partial charge in [0.15, 0.2) is 6.61 Å². The number of aromatic hydroxyl groups is 2. The summed E-state index contributed by atoms with van der Waals surface area (Å²) in [5.41, 5.74) is 0.745. The number of allylic oxidation sites excluding steroid dienone is 3. The van der Waals surface area contributed by atoms with E-state index < -0.39 is 5.97 Å². The van der Waals surface area contributed by atoms with Crippen molar-refractivity contribution in [2.75, 3.05) is 13.2 Å². The minimum absolute atomic E-state index is 0.00472. The van der Waals surface area contributed by atoms with Crippen molar-refractivity contribution in [3.05, 3.63) is 59.7 Å². The van der Waals surface area contributed by atoms with Crippen LogP contribution in [-0.4, -0.2) is 58.0 Å². The van der Waals surface area contributed by atoms with E-state index in [0.717, 1.165) is 18.9 Å². The summed E-state index contributed by atoms with van der Waals surface area (Å²) >= 11 is 0. The van der Waals surface area contributed by atoms with Gasteiger partial charge in [-0.3, -0.25) is 4.79 Å². The molecule has 8 nitrogen and oxygen atoms in total. The molecule has 2 atom stereocenters. The summed E-state index contributed by atoms with van der Waals surface area (Å²) in [6.07, 6.45) is 13.8. The predicted molar refractivity (Wildman–Crippen MR) is 124 cm³/mol. The van der Waals surface area contributed by atoms with E-state index in [1.807, 2.05) is 44.2 Å². The first kappa shape index (κ1) is 24.1. The normalized spacial score (nSPS) is 24.6. The minimum Gasteiger partial charge on any atom is -0.508 e. The molecule has 0 aliphatic carbocycles. The van der Waals surface area contributed by atoms with Gasteiger partial charge in [-0.25, -0.2) is 4.79 Å². The Morgan fingerprint density at radius 1 is 1.12 bits per heavy atom. The quantitative estimate of drug-likeness (QED) is 0.410. The smallest absolute Gasteiger partial charge is 0.342 e. The van der Waals surface area contributed by atoms with Gasteiger partial charge in [0.1, 0.15) is 17.1 Å². The monoisotopic (exact) mass is 454 g/mol. The molecule has 1 aromatic rings. The number of ether oxygens (including phenoxy) is 1. The van der Waals surface area contributed by atoms with Crippen molar-refractivity contribution in [1.29, 1.82) is 0 Å². The molecule has 0 radical (unpaired) electrons. The highest BCUT2D eigenvalue weighted by Crippen LogP contribution is 2.29. The SMILES string of the molecule is CC1C=CC(C)N1C(=O)CO/N=C1\C=C\CC/C=C/CCOC(=O)c2c(O)cc(O)cc2C1. The Labute approximate surface area is 193 Å². The fraction of sp³-hybridized carbons (Fsp3) is 0.400. The molecule has 0 spiro atoms. The summed E-state index contributed by atoms with van der Waals surface area (Å²) in [5.74, 6) is -1.43. The number of amides is 1. The third-order valence-electron chi connectivity index (χ3n) is 5.46. The van der Waals surface area contributed by atoms with E-state index in [9.17, 15) is 19.8 Å². The van der Waals surface area contributed by atoms with E-state index in [4.69, 9.17) is 9.57 Å². The van der Waals surface area contributed by atoms with Crippen LogP contribution in [0.5, 0.6) is 11.5 Å². The number of hydrogen-bond acceptors (Lipinski definition) is 7. The summed E-state index contributed by atoms with van der Waals surface area (Å²) in [7, 11) is 0. The van der Waals surface area contributed by atoms with Gasteiger partial charge in [-0.2, -0.15) is 0 Å². The standard InChI is InChI=1S/C25H30N2O6/c1-17-10-11-18(2)27(17)23(30)16-33-26-20-9-7-5-3-4-6-8-12-32-25(31)24-19(13-20)14-21(28)15-22(24)29/h4,6-7,9-11,14-15,17-18,28-29H,3,5,8,12-13,16H2,1-2H3/b6-4+,9-7+,26-20+. The second kappa shape index (κ2) is 11.4. The van der Waals surface area contributed by atoms with Gasteiger partial charge in [0, 0.05) is 24.6 Å². The Morgan fingerprint density at radius 3 is 2.58 bits per heavy atom. The molecular formula is C25H30N2O6. The molecule has 8 heteroatoms. The number of hydrogen-bond donors (Lipinski definition) is 2. The number of cyclic esters (lactones) is 1. The molecule has 176 valence electrons. The third-order valence-corrected chi connectivity index (χ3v) is 5.46. The highest BCUT2D eigenvalue weighted by Gasteiger charge is 2.27. The fourth-order valence-electron chi connectivity index (χ4n) is 3.88. The number of rotatable bonds is 3. The van der Waals surface area contributed by atoms with E-state index in [0.29, 0.717) is 17.7 Å². The Hall–Kier alpha value is -3.55. The molecule has 2 heterocycles. The average Bonchev–Trinajstić information content (AvgIpc) is 3.09. The summed E-state index contributed by atoms with van der Waals surface area (Å²) in [6.45, 7) is 3.83. The van der Waals surface area contributed by atoms with Crippen molar-refractivity contribution in [1.82, 2.24) is 4.90 Å². The van der Waals surface area contributed by atoms with Crippen LogP contribution in [0.4, 0.5) is 0 Å². The van der Waals surface area contributed by atoms with Crippen LogP contribution in [0.25, 0.3) is 0 Å². The average molecular weight is 455 g/mol. The molecule has 0 saturated heterocycles. The zero-order valence-electron chi connectivity index (χ0n) is 18.9. The lowest BCUT2D eigenvalue weighted by Crippen LogP contribution is -2.41. The first-order chi connectivity index (χ1) is 15.9. The van der Waals surface area contributed by atoms with E-state index in [-0.39, 0.29) is 54.7 Å². The number of oxime groups is 1. The lowest BCUT2D eigenvalue weighted by atomic mass is 10.00. The number of carbonyl (C=O) groups is 2. The number of phenolic OH excluding ortho intramolecular Hbond substituents is 2. The summed E-state index contributed by atoms with van der Waals surface area (Å²) in [4.78, 5) is 32.2. The minimum atomic E-state index is -0.683. The van der Waals surface area contributed by atoms with E-state index in [1.54, 1.807) is 11.0 Å². The lowest BCUT2D eigenvalue weighted by molar-refractivity contribution is -0.137. The van der Waals surface area contributed by atoms with Crippen molar-refractivity contribution in [2.24, 2.45) is 5.16 Å². The van der Waals surface area contributed by atoms with Gasteiger partial charge in [-0.15, -0.1) is 0 Å². The molecular weight excluding hydrogens is 424 g/mol. The van der Waals surface area contributed by atoms with Gasteiger partial charge in [-0.05, 0) is 50.8 Å². The topological polar surface area (TPSA) is 109 Å². The molecule has 1 amide bonds. The summed E-state index contributed by atoms with van der Waals surface area (Å²) in [5, 5.41) is 24.4. The Bertz CT molecular complexity index is 983. The van der Waals surface area contributed by atoms with E-state index in [1.165, 1.54) is 6.07 Å². The maximum atomic E-state index is 12.6. The largest absolute Gasteiger partial charge is 0.508 e. The highest BCUT2D eigenvalue weighted by molar-refractivity contribution is 6.00. The van der Waals surface area contributed by atoms with Crippen molar-refractivity contribution in [3.63, 3.8) is 0 Å². The van der Waals surface area contributed by atoms with E-state index in [2.05, 4.69) is 5.16 Å². The van der Waals surface area contributed by atoms with Crippen LogP contribution in [-0.2, 0) is 20.8 Å². The number of nitrogens with zero attached hydrogens (tertiary/aromatic N) is 2. The number of esters is 1. The molecule has 2 unspecified atom stereocenters. The third kappa shape index (κ3) is 6.47. The first-order valence-electron chi connectivity index (χ1n) is 11.1. The molecule has 33 heavy (non-hydrogen) atoms. The second-order valence-electron chi connectivity index (χ2n) is 8.07. The van der Waals surface area contributed by atoms with Crippen LogP contribution >= 0.6 is 0 Å². The van der Waals surface area contributed by atoms with Crippen LogP contribution in [0, 0.1) is 0 Å². The van der Waals surface area contributed by atoms with Gasteiger partial charge in [0.05, 0.1) is 12.3 Å². The van der Waals surface area contributed by atoms with Gasteiger partial charge < -0.3 is 24.7 Å². The fourth-order valence-corrected chi connectivity index (χ4v) is 3.88. The van der Waals surface area contributed by atoms with Crippen molar-refractivity contribution in [2.45, 2.75) is 51.6 Å². The maximum absolute atomic E-state index is 12.6. The molecule has 1 aromatic carbocycles. The van der Waals surface area contributed by atoms with Gasteiger partial charge in [-0.1, -0.05) is 35.5 Å². The first-order valence-corrected chi connectivity index (χ1v) is 11.1. The van der Waals surface area contributed by atoms with Gasteiger partial charge in [0.2, 0.25) is 0 Å². The number of carbonyl (C=O) groups excluding carboxylic acids is 2. The van der Waals surface area contributed by atoms with Crippen LogP contribution in [0.1, 0.15) is 49.0 Å². The Kier molecular flexibility index (Phi) is 8.29. The Balaban J connectivity index is 1.82. The van der Waals surface area contributed by atoms with Crippen LogP contribution < -0.4 is 0 Å². The van der Waals surface area contributed by atoms with Crippen molar-refractivity contribution >= 4 is 17.6 Å². The highest BCUT2D eigenvalue weighted by atomic mass is 16.6. The summed E-state index contributed by atoms with van der Waals surface area (Å²) < 4.78 is 5.28. The number of fused-ring (bicyclic) bond motifs is 1. The molecule has 2 aliphatic heterocycles. The number of phenols is 2. The van der Waals surface area contributed by atoms with Crippen LogP contribution in [0.15, 0.2) is 53.7 Å². The van der Waals surface area contributed by atoms with Crippen LogP contribution in [0.3, 0.4) is 0 Å². The number of benzene rings is 1. The zero-order valence-corrected chi connectivity index (χ0v) is 18.9. The van der Waals surface area contributed by atoms with Crippen LogP contribution in [0.2, 0.25) is 0 Å². The molecule has 0 bridgehead atoms. The maximum Gasteiger partial charge on any atom is 0.342 e. The lowest BCUT2D eigenvalue weighted by Gasteiger charge is -2.25. The summed E-state index contributed by atoms with van der Waals surface area (Å²) in [6, 6.07) is 2.47. The molecule has 0 saturated carbocycles. The predicted octanol–water partition coefficient (Wildman–Crippen LogP) is 3.64. The molecule has 0 fully saturated rings. The Morgan fingerprint density at radius 2 is 1.82 bits per heavy atom. The second-order valence-corrected chi connectivity index (χ2v) is 8.07. The molecule has 2 aliphatic rings. The van der Waals surface area contributed by atoms with Gasteiger partial charge >= 0.3 is 5.97 Å². The molecule has 0 aromatic heterocycles. The molecule has 2 N–H and O–H groups in total. The molecule has 3 rings (SSSR count). The zero-order chi connectivity index (χ0) is 23.8. The van der Waals surface area contributed by atoms with Crippen molar-refractivity contribution in [3.8, 4) is 11.5 Å².